The Morgan fingerprint density at radius 3 is 3.09 bits per heavy atom. The molecule has 0 aliphatic carbocycles. The van der Waals surface area contributed by atoms with Crippen LogP contribution >= 0.6 is 0 Å². The van der Waals surface area contributed by atoms with Crippen molar-refractivity contribution in [2.45, 2.75) is 19.8 Å². The minimum absolute atomic E-state index is 0.851. The second-order valence-electron chi connectivity index (χ2n) is 4.22. The van der Waals surface area contributed by atoms with Gasteiger partial charge in [0, 0.05) is 13.1 Å². The molecule has 0 spiro atoms. The summed E-state index contributed by atoms with van der Waals surface area (Å²) in [7, 11) is 0. The Hall–Kier alpha value is -0.300. The molecule has 3 heterocycles. The zero-order valence-corrected chi connectivity index (χ0v) is 7.34. The maximum atomic E-state index is 4.15. The Morgan fingerprint density at radius 1 is 1.55 bits per heavy atom. The van der Waals surface area contributed by atoms with Gasteiger partial charge >= 0.3 is 0 Å². The first-order valence-electron chi connectivity index (χ1n) is 4.65. The quantitative estimate of drug-likeness (QED) is 0.478. The first-order valence-corrected chi connectivity index (χ1v) is 4.65. The van der Waals surface area contributed by atoms with Crippen LogP contribution in [0.25, 0.3) is 0 Å². The number of piperidine rings is 1. The predicted molar refractivity (Wildman–Crippen MR) is 47.5 cm³/mol. The predicted octanol–water partition coefficient (Wildman–Crippen LogP) is 1.90. The summed E-state index contributed by atoms with van der Waals surface area (Å²) in [6.07, 6.45) is 2.75. The second kappa shape index (κ2) is 2.63. The minimum atomic E-state index is 0.851. The maximum absolute atomic E-state index is 4.15. The molecule has 0 aromatic rings. The van der Waals surface area contributed by atoms with Gasteiger partial charge in [-0.25, -0.2) is 0 Å². The van der Waals surface area contributed by atoms with E-state index in [2.05, 4.69) is 18.4 Å². The van der Waals surface area contributed by atoms with Crippen molar-refractivity contribution in [3.05, 3.63) is 12.2 Å². The van der Waals surface area contributed by atoms with Crippen molar-refractivity contribution in [1.82, 2.24) is 4.90 Å². The summed E-state index contributed by atoms with van der Waals surface area (Å²) in [6, 6.07) is 0. The van der Waals surface area contributed by atoms with Crippen LogP contribution in [0.4, 0.5) is 0 Å². The molecule has 11 heavy (non-hydrogen) atoms. The molecule has 0 N–H and O–H groups in total. The Kier molecular flexibility index (Phi) is 1.76. The molecule has 0 radical (unpaired) electrons. The highest BCUT2D eigenvalue weighted by Crippen LogP contribution is 2.32. The molecule has 0 saturated carbocycles. The van der Waals surface area contributed by atoms with Crippen molar-refractivity contribution < 1.29 is 0 Å². The van der Waals surface area contributed by atoms with Gasteiger partial charge in [-0.2, -0.15) is 0 Å². The molecule has 62 valence electrons. The molecular formula is C10H17N. The number of nitrogens with zero attached hydrogens (tertiary/aromatic N) is 1. The smallest absolute Gasteiger partial charge is 0.0193 e. The summed E-state index contributed by atoms with van der Waals surface area (Å²) in [5, 5.41) is 0. The van der Waals surface area contributed by atoms with Crippen LogP contribution in [-0.2, 0) is 0 Å². The Balaban J connectivity index is 2.16. The first kappa shape index (κ1) is 7.35. The second-order valence-corrected chi connectivity index (χ2v) is 4.22. The number of hydrogen-bond donors (Lipinski definition) is 0. The molecule has 1 heteroatoms. The van der Waals surface area contributed by atoms with E-state index in [1.54, 1.807) is 0 Å². The molecule has 3 saturated heterocycles. The van der Waals surface area contributed by atoms with Gasteiger partial charge in [-0.05, 0) is 31.2 Å². The summed E-state index contributed by atoms with van der Waals surface area (Å²) < 4.78 is 0. The fourth-order valence-electron chi connectivity index (χ4n) is 2.48. The van der Waals surface area contributed by atoms with E-state index in [9.17, 15) is 0 Å². The fourth-order valence-corrected chi connectivity index (χ4v) is 2.48. The lowest BCUT2D eigenvalue weighted by atomic mass is 9.88. The lowest BCUT2D eigenvalue weighted by Gasteiger charge is -2.28. The van der Waals surface area contributed by atoms with E-state index >= 15 is 0 Å². The van der Waals surface area contributed by atoms with Gasteiger partial charge in [-0.3, -0.25) is 4.90 Å². The number of hydrogen-bond acceptors (Lipinski definition) is 1. The van der Waals surface area contributed by atoms with Crippen LogP contribution in [0.15, 0.2) is 12.2 Å². The molecule has 0 aromatic heterocycles. The average molecular weight is 151 g/mol. The highest BCUT2D eigenvalue weighted by Gasteiger charge is 2.28. The van der Waals surface area contributed by atoms with Gasteiger partial charge in [0.15, 0.2) is 0 Å². The molecule has 3 aliphatic rings. The van der Waals surface area contributed by atoms with Crippen molar-refractivity contribution in [1.29, 1.82) is 0 Å². The normalized spacial score (nSPS) is 44.1. The largest absolute Gasteiger partial charge is 0.299 e. The van der Waals surface area contributed by atoms with E-state index in [0.717, 1.165) is 11.8 Å². The molecule has 3 aliphatic heterocycles. The molecule has 3 atom stereocenters. The highest BCUT2D eigenvalue weighted by molar-refractivity contribution is 5.09. The summed E-state index contributed by atoms with van der Waals surface area (Å²) in [6.45, 7) is 10.3. The third-order valence-corrected chi connectivity index (χ3v) is 3.05. The van der Waals surface area contributed by atoms with Crippen molar-refractivity contribution in [2.75, 3.05) is 19.6 Å². The van der Waals surface area contributed by atoms with Gasteiger partial charge in [-0.15, -0.1) is 0 Å². The Labute approximate surface area is 69.1 Å². The van der Waals surface area contributed by atoms with Crippen LogP contribution in [0.1, 0.15) is 19.8 Å². The number of rotatable bonds is 0. The van der Waals surface area contributed by atoms with Crippen molar-refractivity contribution >= 4 is 0 Å². The van der Waals surface area contributed by atoms with Gasteiger partial charge in [0.1, 0.15) is 0 Å². The van der Waals surface area contributed by atoms with E-state index in [-0.39, 0.29) is 0 Å². The third kappa shape index (κ3) is 1.34. The van der Waals surface area contributed by atoms with Gasteiger partial charge < -0.3 is 0 Å². The van der Waals surface area contributed by atoms with E-state index in [0.29, 0.717) is 0 Å². The monoisotopic (exact) mass is 151 g/mol. The van der Waals surface area contributed by atoms with Crippen LogP contribution in [0.3, 0.4) is 0 Å². The van der Waals surface area contributed by atoms with Crippen LogP contribution in [-0.4, -0.2) is 24.5 Å². The average Bonchev–Trinajstić information content (AvgIpc) is 2.16. The van der Waals surface area contributed by atoms with E-state index in [1.165, 1.54) is 38.0 Å². The highest BCUT2D eigenvalue weighted by atomic mass is 15.1. The molecule has 0 aromatic carbocycles. The summed E-state index contributed by atoms with van der Waals surface area (Å²) in [5.41, 5.74) is 1.49. The molecule has 1 nitrogen and oxygen atoms in total. The van der Waals surface area contributed by atoms with E-state index < -0.39 is 0 Å². The van der Waals surface area contributed by atoms with Gasteiger partial charge in [-0.1, -0.05) is 19.1 Å². The lowest BCUT2D eigenvalue weighted by Crippen LogP contribution is -2.32. The van der Waals surface area contributed by atoms with E-state index in [4.69, 9.17) is 0 Å². The SMILES string of the molecule is C=C1CN2CCC1CC(C)C2. The maximum Gasteiger partial charge on any atom is 0.0193 e. The van der Waals surface area contributed by atoms with Gasteiger partial charge in [0.05, 0.1) is 0 Å². The van der Waals surface area contributed by atoms with Crippen LogP contribution in [0.2, 0.25) is 0 Å². The van der Waals surface area contributed by atoms with Crippen LogP contribution < -0.4 is 0 Å². The standard InChI is InChI=1S/C10H17N/c1-8-5-10-3-4-11(6-8)7-9(10)2/h8,10H,2-7H2,1H3. The molecule has 2 bridgehead atoms. The number of fused-ring (bicyclic) bond motifs is 4. The summed E-state index contributed by atoms with van der Waals surface area (Å²) in [5.74, 6) is 1.74. The Bertz CT molecular complexity index is 174. The van der Waals surface area contributed by atoms with Crippen LogP contribution in [0.5, 0.6) is 0 Å². The first-order chi connectivity index (χ1) is 5.25. The zero-order valence-electron chi connectivity index (χ0n) is 7.34. The molecule has 3 rings (SSSR count). The molecule has 0 amide bonds. The van der Waals surface area contributed by atoms with E-state index in [1.807, 2.05) is 0 Å². The van der Waals surface area contributed by atoms with Crippen LogP contribution in [0, 0.1) is 11.8 Å². The van der Waals surface area contributed by atoms with Gasteiger partial charge in [0.2, 0.25) is 0 Å². The topological polar surface area (TPSA) is 3.24 Å². The Morgan fingerprint density at radius 2 is 2.36 bits per heavy atom. The fraction of sp³-hybridized carbons (Fsp3) is 0.800. The summed E-state index contributed by atoms with van der Waals surface area (Å²) >= 11 is 0. The van der Waals surface area contributed by atoms with Crippen molar-refractivity contribution in [3.8, 4) is 0 Å². The van der Waals surface area contributed by atoms with Crippen molar-refractivity contribution in [2.24, 2.45) is 11.8 Å². The molecule has 3 fully saturated rings. The molecular weight excluding hydrogens is 134 g/mol. The molecule has 3 unspecified atom stereocenters. The summed E-state index contributed by atoms with van der Waals surface area (Å²) in [4.78, 5) is 2.55. The third-order valence-electron chi connectivity index (χ3n) is 3.05. The van der Waals surface area contributed by atoms with Crippen molar-refractivity contribution in [3.63, 3.8) is 0 Å². The minimum Gasteiger partial charge on any atom is -0.299 e. The lowest BCUT2D eigenvalue weighted by molar-refractivity contribution is 0.261. The van der Waals surface area contributed by atoms with Gasteiger partial charge in [0.25, 0.3) is 0 Å². The zero-order chi connectivity index (χ0) is 7.84.